The molecule has 0 N–H and O–H groups in total. The number of aromatic nitrogens is 1. The SMILES string of the molecule is [CH2]c1cccn1CC=C. The Morgan fingerprint density at radius 1 is 1.67 bits per heavy atom. The second-order valence-electron chi connectivity index (χ2n) is 1.94. The average molecular weight is 120 g/mol. The van der Waals surface area contributed by atoms with Crippen LogP contribution >= 0.6 is 0 Å². The van der Waals surface area contributed by atoms with Crippen LogP contribution in [0.3, 0.4) is 0 Å². The number of hydrogen-bond acceptors (Lipinski definition) is 0. The smallest absolute Gasteiger partial charge is 0.0400 e. The highest BCUT2D eigenvalue weighted by Gasteiger charge is 1.88. The molecule has 0 aliphatic rings. The van der Waals surface area contributed by atoms with Gasteiger partial charge >= 0.3 is 0 Å². The van der Waals surface area contributed by atoms with E-state index in [1.807, 2.05) is 29.0 Å². The first kappa shape index (κ1) is 6.14. The molecule has 1 heteroatoms. The van der Waals surface area contributed by atoms with E-state index < -0.39 is 0 Å². The maximum Gasteiger partial charge on any atom is 0.0400 e. The minimum absolute atomic E-state index is 0.853. The zero-order valence-corrected chi connectivity index (χ0v) is 5.38. The Labute approximate surface area is 55.6 Å². The second-order valence-corrected chi connectivity index (χ2v) is 1.94. The topological polar surface area (TPSA) is 4.93 Å². The molecule has 0 aliphatic carbocycles. The van der Waals surface area contributed by atoms with Gasteiger partial charge in [0.15, 0.2) is 0 Å². The Morgan fingerprint density at radius 2 is 2.44 bits per heavy atom. The molecule has 1 aromatic heterocycles. The molecule has 1 radical (unpaired) electrons. The van der Waals surface area contributed by atoms with Gasteiger partial charge in [-0.1, -0.05) is 6.08 Å². The first-order chi connectivity index (χ1) is 4.34. The van der Waals surface area contributed by atoms with Gasteiger partial charge in [-0.15, -0.1) is 6.58 Å². The highest BCUT2D eigenvalue weighted by atomic mass is 14.9. The molecule has 0 saturated carbocycles. The summed E-state index contributed by atoms with van der Waals surface area (Å²) in [4.78, 5) is 0. The summed E-state index contributed by atoms with van der Waals surface area (Å²) >= 11 is 0. The van der Waals surface area contributed by atoms with Crippen molar-refractivity contribution in [2.75, 3.05) is 0 Å². The molecule has 0 bridgehead atoms. The maximum atomic E-state index is 3.81. The fourth-order valence-electron chi connectivity index (χ4n) is 0.767. The number of rotatable bonds is 2. The molecule has 1 nitrogen and oxygen atoms in total. The van der Waals surface area contributed by atoms with Crippen molar-refractivity contribution in [3.05, 3.63) is 43.6 Å². The third-order valence-electron chi connectivity index (χ3n) is 1.25. The van der Waals surface area contributed by atoms with Crippen molar-refractivity contribution >= 4 is 0 Å². The summed E-state index contributed by atoms with van der Waals surface area (Å²) in [6.07, 6.45) is 3.85. The fourth-order valence-corrected chi connectivity index (χ4v) is 0.767. The third-order valence-corrected chi connectivity index (χ3v) is 1.25. The van der Waals surface area contributed by atoms with Gasteiger partial charge in [-0.2, -0.15) is 0 Å². The normalized spacial score (nSPS) is 9.44. The van der Waals surface area contributed by atoms with E-state index in [1.54, 1.807) is 0 Å². The summed E-state index contributed by atoms with van der Waals surface area (Å²) in [6.45, 7) is 8.30. The van der Waals surface area contributed by atoms with Crippen LogP contribution in [0.2, 0.25) is 0 Å². The first-order valence-corrected chi connectivity index (χ1v) is 2.92. The van der Waals surface area contributed by atoms with Crippen LogP contribution in [0.25, 0.3) is 0 Å². The monoisotopic (exact) mass is 120 g/mol. The Bertz CT molecular complexity index is 198. The molecule has 0 atom stereocenters. The molecule has 0 aromatic carbocycles. The molecule has 0 saturated heterocycles. The van der Waals surface area contributed by atoms with Crippen molar-refractivity contribution in [2.45, 2.75) is 6.54 Å². The molecule has 0 unspecified atom stereocenters. The minimum Gasteiger partial charge on any atom is -0.348 e. The zero-order chi connectivity index (χ0) is 6.69. The molecule has 0 aliphatic heterocycles. The van der Waals surface area contributed by atoms with Gasteiger partial charge in [0.2, 0.25) is 0 Å². The van der Waals surface area contributed by atoms with Crippen molar-refractivity contribution in [1.29, 1.82) is 0 Å². The minimum atomic E-state index is 0.853. The molecule has 1 heterocycles. The van der Waals surface area contributed by atoms with Crippen molar-refractivity contribution in [3.63, 3.8) is 0 Å². The van der Waals surface area contributed by atoms with Gasteiger partial charge in [0, 0.05) is 18.4 Å². The Kier molecular flexibility index (Phi) is 1.73. The quantitative estimate of drug-likeness (QED) is 0.525. The van der Waals surface area contributed by atoms with Gasteiger partial charge in [0.1, 0.15) is 0 Å². The predicted octanol–water partition coefficient (Wildman–Crippen LogP) is 1.86. The van der Waals surface area contributed by atoms with E-state index in [9.17, 15) is 0 Å². The lowest BCUT2D eigenvalue weighted by molar-refractivity contribution is 0.814. The van der Waals surface area contributed by atoms with Crippen LogP contribution in [0.1, 0.15) is 5.69 Å². The van der Waals surface area contributed by atoms with E-state index >= 15 is 0 Å². The van der Waals surface area contributed by atoms with E-state index in [0.717, 1.165) is 12.2 Å². The van der Waals surface area contributed by atoms with Crippen LogP contribution in [-0.4, -0.2) is 4.57 Å². The van der Waals surface area contributed by atoms with E-state index in [0.29, 0.717) is 0 Å². The average Bonchev–Trinajstić information content (AvgIpc) is 2.18. The number of nitrogens with zero attached hydrogens (tertiary/aromatic N) is 1. The van der Waals surface area contributed by atoms with Gasteiger partial charge in [0.05, 0.1) is 0 Å². The molecular formula is C8H10N. The van der Waals surface area contributed by atoms with E-state index in [2.05, 4.69) is 13.5 Å². The summed E-state index contributed by atoms with van der Waals surface area (Å²) in [5.41, 5.74) is 1.04. The highest BCUT2D eigenvalue weighted by Crippen LogP contribution is 1.98. The molecule has 1 aromatic rings. The van der Waals surface area contributed by atoms with Crippen LogP contribution in [0, 0.1) is 6.92 Å². The molecule has 47 valence electrons. The van der Waals surface area contributed by atoms with E-state index in [4.69, 9.17) is 0 Å². The maximum absolute atomic E-state index is 3.81. The van der Waals surface area contributed by atoms with Gasteiger partial charge in [-0.25, -0.2) is 0 Å². The molecule has 1 rings (SSSR count). The van der Waals surface area contributed by atoms with Crippen molar-refractivity contribution < 1.29 is 0 Å². The van der Waals surface area contributed by atoms with Crippen molar-refractivity contribution in [3.8, 4) is 0 Å². The van der Waals surface area contributed by atoms with Crippen molar-refractivity contribution in [2.24, 2.45) is 0 Å². The summed E-state index contributed by atoms with van der Waals surface area (Å²) in [7, 11) is 0. The Morgan fingerprint density at radius 3 is 2.89 bits per heavy atom. The van der Waals surface area contributed by atoms with Gasteiger partial charge in [-0.3, -0.25) is 0 Å². The lowest BCUT2D eigenvalue weighted by atomic mass is 10.5. The first-order valence-electron chi connectivity index (χ1n) is 2.92. The summed E-state index contributed by atoms with van der Waals surface area (Å²) in [5.74, 6) is 0. The zero-order valence-electron chi connectivity index (χ0n) is 5.38. The van der Waals surface area contributed by atoms with Crippen LogP contribution in [-0.2, 0) is 6.54 Å². The Hall–Kier alpha value is -0.980. The number of hydrogen-bond donors (Lipinski definition) is 0. The van der Waals surface area contributed by atoms with Gasteiger partial charge in [-0.05, 0) is 19.1 Å². The molecule has 0 amide bonds. The standard InChI is InChI=1S/C8H10N/c1-3-6-9-7-4-5-8(9)2/h3-5,7H,1-2,6H2. The summed E-state index contributed by atoms with van der Waals surface area (Å²) < 4.78 is 2.03. The van der Waals surface area contributed by atoms with Crippen LogP contribution < -0.4 is 0 Å². The van der Waals surface area contributed by atoms with Crippen molar-refractivity contribution in [1.82, 2.24) is 4.57 Å². The Balaban J connectivity index is 2.80. The van der Waals surface area contributed by atoms with Gasteiger partial charge in [0.25, 0.3) is 0 Å². The third kappa shape index (κ3) is 1.22. The predicted molar refractivity (Wildman–Crippen MR) is 39.1 cm³/mol. The molecule has 0 fully saturated rings. The highest BCUT2D eigenvalue weighted by molar-refractivity contribution is 5.10. The van der Waals surface area contributed by atoms with E-state index in [1.165, 1.54) is 0 Å². The van der Waals surface area contributed by atoms with Crippen LogP contribution in [0.4, 0.5) is 0 Å². The van der Waals surface area contributed by atoms with E-state index in [-0.39, 0.29) is 0 Å². The molecular weight excluding hydrogens is 110 g/mol. The lowest BCUT2D eigenvalue weighted by Gasteiger charge is -1.98. The van der Waals surface area contributed by atoms with Crippen LogP contribution in [0.5, 0.6) is 0 Å². The molecule has 9 heavy (non-hydrogen) atoms. The van der Waals surface area contributed by atoms with Gasteiger partial charge < -0.3 is 4.57 Å². The summed E-state index contributed by atoms with van der Waals surface area (Å²) in [6, 6.07) is 3.95. The summed E-state index contributed by atoms with van der Waals surface area (Å²) in [5, 5.41) is 0. The van der Waals surface area contributed by atoms with Crippen LogP contribution in [0.15, 0.2) is 31.0 Å². The molecule has 0 spiro atoms. The fraction of sp³-hybridized carbons (Fsp3) is 0.125. The lowest BCUT2D eigenvalue weighted by Crippen LogP contribution is -1.93. The second kappa shape index (κ2) is 2.53. The number of allylic oxidation sites excluding steroid dienone is 1. The largest absolute Gasteiger partial charge is 0.348 e.